The molecule has 3 N–H and O–H groups in total. The summed E-state index contributed by atoms with van der Waals surface area (Å²) in [6, 6.07) is 5.34. The first-order valence-corrected chi connectivity index (χ1v) is 7.78. The molecule has 1 aromatic rings. The average molecular weight is 322 g/mol. The third kappa shape index (κ3) is 4.14. The summed E-state index contributed by atoms with van der Waals surface area (Å²) in [6.07, 6.45) is -0.720. The maximum absolute atomic E-state index is 12.5. The van der Waals surface area contributed by atoms with Crippen molar-refractivity contribution in [1.82, 2.24) is 4.90 Å². The Morgan fingerprint density at radius 3 is 2.70 bits per heavy atom. The molecule has 1 aliphatic heterocycles. The number of benzene rings is 1. The quantitative estimate of drug-likeness (QED) is 0.884. The van der Waals surface area contributed by atoms with E-state index in [-0.39, 0.29) is 6.54 Å². The van der Waals surface area contributed by atoms with Crippen molar-refractivity contribution in [2.45, 2.75) is 51.5 Å². The number of rotatable bonds is 3. The number of aliphatic hydroxyl groups excluding tert-OH is 1. The Kier molecular flexibility index (Phi) is 5.16. The van der Waals surface area contributed by atoms with Crippen LogP contribution >= 0.6 is 0 Å². The zero-order valence-corrected chi connectivity index (χ0v) is 14.2. The van der Waals surface area contributed by atoms with Gasteiger partial charge in [0.05, 0.1) is 19.3 Å². The predicted octanol–water partition coefficient (Wildman–Crippen LogP) is 1.68. The second-order valence-electron chi connectivity index (χ2n) is 6.82. The smallest absolute Gasteiger partial charge is 0.410 e. The van der Waals surface area contributed by atoms with Gasteiger partial charge in [-0.3, -0.25) is 4.90 Å². The second-order valence-corrected chi connectivity index (χ2v) is 6.82. The highest BCUT2D eigenvalue weighted by atomic mass is 16.6. The molecule has 1 unspecified atom stereocenters. The van der Waals surface area contributed by atoms with E-state index in [2.05, 4.69) is 0 Å². The number of hydrogen-bond donors (Lipinski definition) is 2. The molecule has 2 atom stereocenters. The van der Waals surface area contributed by atoms with E-state index in [1.165, 1.54) is 0 Å². The van der Waals surface area contributed by atoms with E-state index in [0.717, 1.165) is 16.9 Å². The largest absolute Gasteiger partial charge is 0.497 e. The number of nitrogens with zero attached hydrogens (tertiary/aromatic N) is 1. The molecular weight excluding hydrogens is 296 g/mol. The first kappa shape index (κ1) is 17.6. The first-order chi connectivity index (χ1) is 10.7. The summed E-state index contributed by atoms with van der Waals surface area (Å²) in [6.45, 7) is 5.94. The Bertz CT molecular complexity index is 568. The lowest BCUT2D eigenvalue weighted by Crippen LogP contribution is -2.53. The molecule has 0 fully saturated rings. The highest BCUT2D eigenvalue weighted by molar-refractivity contribution is 5.69. The lowest BCUT2D eigenvalue weighted by Gasteiger charge is -2.39. The molecule has 0 aliphatic carbocycles. The lowest BCUT2D eigenvalue weighted by molar-refractivity contribution is -0.0101. The lowest BCUT2D eigenvalue weighted by atomic mass is 9.91. The minimum atomic E-state index is -0.804. The first-order valence-electron chi connectivity index (χ1n) is 7.78. The van der Waals surface area contributed by atoms with Crippen LogP contribution in [0.3, 0.4) is 0 Å². The standard InChI is InChI=1S/C17H26N2O4/c1-17(2,3)23-16(21)19-10-11-5-6-13(22-4)7-12(11)8-14(19)15(20)9-18/h5-7,14-15,20H,8-10,18H2,1-4H3/t14?,15-/m1/s1. The van der Waals surface area contributed by atoms with Crippen LogP contribution < -0.4 is 10.5 Å². The zero-order valence-electron chi connectivity index (χ0n) is 14.2. The van der Waals surface area contributed by atoms with Gasteiger partial charge in [-0.05, 0) is 50.5 Å². The molecule has 0 spiro atoms. The number of methoxy groups -OCH3 is 1. The molecule has 0 aromatic heterocycles. The summed E-state index contributed by atoms with van der Waals surface area (Å²) in [5, 5.41) is 10.2. The zero-order chi connectivity index (χ0) is 17.2. The summed E-state index contributed by atoms with van der Waals surface area (Å²) < 4.78 is 10.7. The Balaban J connectivity index is 2.30. The highest BCUT2D eigenvalue weighted by Gasteiger charge is 2.36. The van der Waals surface area contributed by atoms with E-state index in [0.29, 0.717) is 13.0 Å². The molecule has 1 heterocycles. The highest BCUT2D eigenvalue weighted by Crippen LogP contribution is 2.29. The molecule has 1 aromatic carbocycles. The van der Waals surface area contributed by atoms with Crippen molar-refractivity contribution in [3.8, 4) is 5.75 Å². The fraction of sp³-hybridized carbons (Fsp3) is 0.588. The monoisotopic (exact) mass is 322 g/mol. The van der Waals surface area contributed by atoms with Gasteiger partial charge in [0.15, 0.2) is 0 Å². The maximum Gasteiger partial charge on any atom is 0.410 e. The summed E-state index contributed by atoms with van der Waals surface area (Å²) in [5.41, 5.74) is 7.11. The summed E-state index contributed by atoms with van der Waals surface area (Å²) in [4.78, 5) is 14.1. The van der Waals surface area contributed by atoms with Gasteiger partial charge in [-0.25, -0.2) is 4.79 Å². The van der Waals surface area contributed by atoms with Crippen molar-refractivity contribution in [1.29, 1.82) is 0 Å². The van der Waals surface area contributed by atoms with Crippen LogP contribution in [-0.4, -0.2) is 47.5 Å². The van der Waals surface area contributed by atoms with Crippen LogP contribution in [0.2, 0.25) is 0 Å². The molecule has 0 saturated carbocycles. The Morgan fingerprint density at radius 2 is 2.13 bits per heavy atom. The fourth-order valence-electron chi connectivity index (χ4n) is 2.73. The summed E-state index contributed by atoms with van der Waals surface area (Å²) >= 11 is 0. The molecule has 0 radical (unpaired) electrons. The van der Waals surface area contributed by atoms with Crippen molar-refractivity contribution >= 4 is 6.09 Å². The number of fused-ring (bicyclic) bond motifs is 1. The summed E-state index contributed by atoms with van der Waals surface area (Å²) in [5.74, 6) is 0.760. The Labute approximate surface area is 137 Å². The van der Waals surface area contributed by atoms with Gasteiger partial charge < -0.3 is 20.3 Å². The van der Waals surface area contributed by atoms with Gasteiger partial charge in [0, 0.05) is 13.1 Å². The molecular formula is C17H26N2O4. The van der Waals surface area contributed by atoms with Crippen LogP contribution in [0.5, 0.6) is 5.75 Å². The van der Waals surface area contributed by atoms with E-state index in [1.54, 1.807) is 12.0 Å². The number of amides is 1. The van der Waals surface area contributed by atoms with E-state index < -0.39 is 23.8 Å². The number of ether oxygens (including phenoxy) is 2. The number of carbonyl (C=O) groups is 1. The number of nitrogens with two attached hydrogens (primary N) is 1. The second kappa shape index (κ2) is 6.76. The third-order valence-corrected chi connectivity index (χ3v) is 3.90. The van der Waals surface area contributed by atoms with Crippen LogP contribution in [0.25, 0.3) is 0 Å². The molecule has 6 heteroatoms. The number of aliphatic hydroxyl groups is 1. The van der Waals surface area contributed by atoms with Crippen LogP contribution in [0.4, 0.5) is 4.79 Å². The summed E-state index contributed by atoms with van der Waals surface area (Å²) in [7, 11) is 1.61. The van der Waals surface area contributed by atoms with Crippen LogP contribution in [0.1, 0.15) is 31.9 Å². The molecule has 2 rings (SSSR count). The van der Waals surface area contributed by atoms with Gasteiger partial charge in [-0.1, -0.05) is 6.07 Å². The number of hydrogen-bond acceptors (Lipinski definition) is 5. The SMILES string of the molecule is COc1ccc2c(c1)CC([C@H](O)CN)N(C(=O)OC(C)(C)C)C2. The van der Waals surface area contributed by atoms with E-state index in [1.807, 2.05) is 39.0 Å². The van der Waals surface area contributed by atoms with E-state index in [4.69, 9.17) is 15.2 Å². The normalized spacial score (nSPS) is 19.0. The van der Waals surface area contributed by atoms with Gasteiger partial charge >= 0.3 is 6.09 Å². The van der Waals surface area contributed by atoms with E-state index >= 15 is 0 Å². The topological polar surface area (TPSA) is 85.0 Å². The fourth-order valence-corrected chi connectivity index (χ4v) is 2.73. The third-order valence-electron chi connectivity index (χ3n) is 3.90. The molecule has 0 bridgehead atoms. The molecule has 0 saturated heterocycles. The van der Waals surface area contributed by atoms with Gasteiger partial charge in [0.1, 0.15) is 11.4 Å². The van der Waals surface area contributed by atoms with Crippen molar-refractivity contribution in [3.63, 3.8) is 0 Å². The minimum Gasteiger partial charge on any atom is -0.497 e. The van der Waals surface area contributed by atoms with Gasteiger partial charge in [-0.15, -0.1) is 0 Å². The maximum atomic E-state index is 12.5. The van der Waals surface area contributed by atoms with Gasteiger partial charge in [0.25, 0.3) is 0 Å². The molecule has 6 nitrogen and oxygen atoms in total. The average Bonchev–Trinajstić information content (AvgIpc) is 2.50. The Hall–Kier alpha value is -1.79. The predicted molar refractivity (Wildman–Crippen MR) is 87.3 cm³/mol. The van der Waals surface area contributed by atoms with Crippen molar-refractivity contribution in [3.05, 3.63) is 29.3 Å². The van der Waals surface area contributed by atoms with E-state index in [9.17, 15) is 9.90 Å². The van der Waals surface area contributed by atoms with Crippen LogP contribution in [-0.2, 0) is 17.7 Å². The van der Waals surface area contributed by atoms with Crippen molar-refractivity contribution in [2.24, 2.45) is 5.73 Å². The molecule has 23 heavy (non-hydrogen) atoms. The number of carbonyl (C=O) groups excluding carboxylic acids is 1. The van der Waals surface area contributed by atoms with Crippen molar-refractivity contribution < 1.29 is 19.4 Å². The molecule has 1 amide bonds. The van der Waals surface area contributed by atoms with Crippen LogP contribution in [0, 0.1) is 0 Å². The van der Waals surface area contributed by atoms with Crippen LogP contribution in [0.15, 0.2) is 18.2 Å². The van der Waals surface area contributed by atoms with Crippen molar-refractivity contribution in [2.75, 3.05) is 13.7 Å². The molecule has 1 aliphatic rings. The molecule has 128 valence electrons. The van der Waals surface area contributed by atoms with Gasteiger partial charge in [-0.2, -0.15) is 0 Å². The Morgan fingerprint density at radius 1 is 1.43 bits per heavy atom. The minimum absolute atomic E-state index is 0.0866. The van der Waals surface area contributed by atoms with Gasteiger partial charge in [0.2, 0.25) is 0 Å².